The van der Waals surface area contributed by atoms with Crippen molar-refractivity contribution in [1.82, 2.24) is 10.3 Å². The third kappa shape index (κ3) is 3.24. The molecule has 2 heterocycles. The van der Waals surface area contributed by atoms with Gasteiger partial charge in [-0.05, 0) is 30.3 Å². The van der Waals surface area contributed by atoms with Crippen molar-refractivity contribution < 1.29 is 19.1 Å². The van der Waals surface area contributed by atoms with Crippen molar-refractivity contribution in [2.75, 3.05) is 18.7 Å². The molecule has 0 radical (unpaired) electrons. The number of rotatable bonds is 4. The predicted molar refractivity (Wildman–Crippen MR) is 93.1 cm³/mol. The molecule has 1 aliphatic heterocycles. The molecule has 0 saturated heterocycles. The highest BCUT2D eigenvalue weighted by Gasteiger charge is 2.16. The average molecular weight is 355 g/mol. The second-order valence-electron chi connectivity index (χ2n) is 5.29. The van der Waals surface area contributed by atoms with Crippen LogP contribution in [-0.2, 0) is 4.79 Å². The lowest BCUT2D eigenvalue weighted by Crippen LogP contribution is -2.32. The van der Waals surface area contributed by atoms with Crippen LogP contribution in [0.5, 0.6) is 11.5 Å². The van der Waals surface area contributed by atoms with Crippen molar-refractivity contribution in [2.24, 2.45) is 0 Å². The predicted octanol–water partition coefficient (Wildman–Crippen LogP) is 2.39. The molecule has 1 aliphatic rings. The van der Waals surface area contributed by atoms with E-state index in [1.54, 1.807) is 18.2 Å². The summed E-state index contributed by atoms with van der Waals surface area (Å²) in [5.41, 5.74) is 1.23. The molecule has 0 bridgehead atoms. The summed E-state index contributed by atoms with van der Waals surface area (Å²) in [5, 5.41) is 5.77. The second kappa shape index (κ2) is 6.40. The van der Waals surface area contributed by atoms with Crippen molar-refractivity contribution in [3.63, 3.8) is 0 Å². The molecule has 3 aromatic rings. The zero-order valence-corrected chi connectivity index (χ0v) is 13.8. The number of fused-ring (bicyclic) bond motifs is 2. The Morgan fingerprint density at radius 3 is 2.84 bits per heavy atom. The second-order valence-corrected chi connectivity index (χ2v) is 6.32. The quantitative estimate of drug-likeness (QED) is 0.750. The van der Waals surface area contributed by atoms with Crippen molar-refractivity contribution in [3.05, 3.63) is 48.0 Å². The van der Waals surface area contributed by atoms with E-state index in [0.717, 1.165) is 10.2 Å². The number of anilines is 1. The van der Waals surface area contributed by atoms with Crippen LogP contribution < -0.4 is 20.1 Å². The van der Waals surface area contributed by atoms with E-state index in [2.05, 4.69) is 15.6 Å². The van der Waals surface area contributed by atoms with Crippen LogP contribution in [0.4, 0.5) is 5.13 Å². The molecule has 0 aliphatic carbocycles. The lowest BCUT2D eigenvalue weighted by Gasteiger charge is -2.05. The molecule has 8 heteroatoms. The molecule has 25 heavy (non-hydrogen) atoms. The Morgan fingerprint density at radius 1 is 1.12 bits per heavy atom. The van der Waals surface area contributed by atoms with Crippen LogP contribution in [0, 0.1) is 0 Å². The van der Waals surface area contributed by atoms with Gasteiger partial charge in [0.05, 0.1) is 16.8 Å². The minimum atomic E-state index is -0.363. The standard InChI is InChI=1S/C17H13N3O4S/c21-15(20-17-19-11-3-1-2-4-14(11)25-17)8-18-16(22)10-5-6-12-13(7-10)24-9-23-12/h1-7H,8-9H2,(H,18,22)(H,19,20,21). The Hall–Kier alpha value is -3.13. The van der Waals surface area contributed by atoms with Gasteiger partial charge in [-0.2, -0.15) is 0 Å². The summed E-state index contributed by atoms with van der Waals surface area (Å²) >= 11 is 1.38. The molecular weight excluding hydrogens is 342 g/mol. The molecule has 0 fully saturated rings. The fraction of sp³-hybridized carbons (Fsp3) is 0.118. The fourth-order valence-electron chi connectivity index (χ4n) is 2.39. The van der Waals surface area contributed by atoms with Crippen molar-refractivity contribution in [2.45, 2.75) is 0 Å². The Bertz CT molecular complexity index is 936. The van der Waals surface area contributed by atoms with E-state index in [4.69, 9.17) is 9.47 Å². The van der Waals surface area contributed by atoms with E-state index in [1.807, 2.05) is 24.3 Å². The van der Waals surface area contributed by atoms with Crippen LogP contribution in [0.1, 0.15) is 10.4 Å². The molecule has 0 unspecified atom stereocenters. The molecule has 4 rings (SSSR count). The van der Waals surface area contributed by atoms with Gasteiger partial charge in [0.15, 0.2) is 16.6 Å². The molecule has 0 spiro atoms. The third-order valence-electron chi connectivity index (χ3n) is 3.58. The number of thiazole rings is 1. The van der Waals surface area contributed by atoms with Gasteiger partial charge in [-0.15, -0.1) is 0 Å². The maximum atomic E-state index is 12.1. The van der Waals surface area contributed by atoms with Gasteiger partial charge >= 0.3 is 0 Å². The number of para-hydroxylation sites is 1. The normalized spacial score (nSPS) is 12.2. The van der Waals surface area contributed by atoms with Gasteiger partial charge in [-0.25, -0.2) is 4.98 Å². The van der Waals surface area contributed by atoms with Gasteiger partial charge in [0.1, 0.15) is 0 Å². The van der Waals surface area contributed by atoms with Crippen LogP contribution in [-0.4, -0.2) is 30.1 Å². The zero-order valence-electron chi connectivity index (χ0n) is 12.9. The summed E-state index contributed by atoms with van der Waals surface area (Å²) < 4.78 is 11.4. The van der Waals surface area contributed by atoms with E-state index in [9.17, 15) is 9.59 Å². The highest BCUT2D eigenvalue weighted by atomic mass is 32.1. The molecule has 0 saturated carbocycles. The van der Waals surface area contributed by atoms with Gasteiger partial charge in [-0.3, -0.25) is 9.59 Å². The largest absolute Gasteiger partial charge is 0.454 e. The van der Waals surface area contributed by atoms with Gasteiger partial charge in [0.25, 0.3) is 5.91 Å². The number of benzene rings is 2. The zero-order chi connectivity index (χ0) is 17.2. The lowest BCUT2D eigenvalue weighted by molar-refractivity contribution is -0.115. The van der Waals surface area contributed by atoms with Crippen LogP contribution in [0.3, 0.4) is 0 Å². The first kappa shape index (κ1) is 15.4. The van der Waals surface area contributed by atoms with E-state index in [-0.39, 0.29) is 25.2 Å². The maximum Gasteiger partial charge on any atom is 0.251 e. The monoisotopic (exact) mass is 355 g/mol. The van der Waals surface area contributed by atoms with E-state index < -0.39 is 0 Å². The molecule has 2 N–H and O–H groups in total. The maximum absolute atomic E-state index is 12.1. The number of hydrogen-bond donors (Lipinski definition) is 2. The van der Waals surface area contributed by atoms with Gasteiger partial charge in [0.2, 0.25) is 12.7 Å². The van der Waals surface area contributed by atoms with Gasteiger partial charge in [0, 0.05) is 5.56 Å². The molecule has 0 atom stereocenters. The van der Waals surface area contributed by atoms with E-state index in [1.165, 1.54) is 11.3 Å². The Kier molecular flexibility index (Phi) is 3.95. The summed E-state index contributed by atoms with van der Waals surface area (Å²) in [5.74, 6) is 0.419. The average Bonchev–Trinajstić information content (AvgIpc) is 3.24. The Labute approximate surface area is 146 Å². The molecule has 126 valence electrons. The summed E-state index contributed by atoms with van der Waals surface area (Å²) in [7, 11) is 0. The van der Waals surface area contributed by atoms with Crippen LogP contribution in [0.2, 0.25) is 0 Å². The SMILES string of the molecule is O=C(CNC(=O)c1ccc2c(c1)OCO2)Nc1nc2ccccc2s1. The van der Waals surface area contributed by atoms with Gasteiger partial charge in [-0.1, -0.05) is 23.5 Å². The van der Waals surface area contributed by atoms with E-state index in [0.29, 0.717) is 22.2 Å². The number of aromatic nitrogens is 1. The summed E-state index contributed by atoms with van der Waals surface area (Å²) in [4.78, 5) is 28.5. The number of hydrogen-bond acceptors (Lipinski definition) is 6. The van der Waals surface area contributed by atoms with Crippen LogP contribution in [0.15, 0.2) is 42.5 Å². The molecule has 2 aromatic carbocycles. The topological polar surface area (TPSA) is 89.6 Å². The lowest BCUT2D eigenvalue weighted by atomic mass is 10.2. The van der Waals surface area contributed by atoms with Crippen molar-refractivity contribution >= 4 is 38.5 Å². The Morgan fingerprint density at radius 2 is 1.96 bits per heavy atom. The van der Waals surface area contributed by atoms with Crippen molar-refractivity contribution in [3.8, 4) is 11.5 Å². The number of carbonyl (C=O) groups excluding carboxylic acids is 2. The summed E-state index contributed by atoms with van der Waals surface area (Å²) in [6.45, 7) is -0.00577. The summed E-state index contributed by atoms with van der Waals surface area (Å²) in [6, 6.07) is 12.5. The smallest absolute Gasteiger partial charge is 0.251 e. The number of nitrogens with zero attached hydrogens (tertiary/aromatic N) is 1. The molecule has 1 aromatic heterocycles. The number of amides is 2. The first-order valence-electron chi connectivity index (χ1n) is 7.52. The highest BCUT2D eigenvalue weighted by Crippen LogP contribution is 2.32. The minimum absolute atomic E-state index is 0.144. The third-order valence-corrected chi connectivity index (χ3v) is 4.54. The van der Waals surface area contributed by atoms with E-state index >= 15 is 0 Å². The Balaban J connectivity index is 1.35. The molecule has 7 nitrogen and oxygen atoms in total. The molecular formula is C17H13N3O4S. The summed E-state index contributed by atoms with van der Waals surface area (Å²) in [6.07, 6.45) is 0. The molecule has 2 amide bonds. The number of nitrogens with one attached hydrogen (secondary N) is 2. The highest BCUT2D eigenvalue weighted by molar-refractivity contribution is 7.22. The first-order chi connectivity index (χ1) is 12.2. The van der Waals surface area contributed by atoms with Gasteiger partial charge < -0.3 is 20.1 Å². The van der Waals surface area contributed by atoms with Crippen molar-refractivity contribution in [1.29, 1.82) is 0 Å². The number of carbonyl (C=O) groups is 2. The van der Waals surface area contributed by atoms with Crippen LogP contribution in [0.25, 0.3) is 10.2 Å². The fourth-order valence-corrected chi connectivity index (χ4v) is 3.27. The van der Waals surface area contributed by atoms with Crippen LogP contribution >= 0.6 is 11.3 Å². The first-order valence-corrected chi connectivity index (χ1v) is 8.34. The number of ether oxygens (including phenoxy) is 2. The minimum Gasteiger partial charge on any atom is -0.454 e.